The van der Waals surface area contributed by atoms with Crippen LogP contribution in [0.1, 0.15) is 28.8 Å². The minimum absolute atomic E-state index is 0.0140. The second-order valence-electron chi connectivity index (χ2n) is 8.32. The van der Waals surface area contributed by atoms with Crippen LogP contribution in [0.25, 0.3) is 16.6 Å². The Kier molecular flexibility index (Phi) is 6.33. The van der Waals surface area contributed by atoms with Gasteiger partial charge in [0.05, 0.1) is 21.5 Å². The Balaban J connectivity index is 1.57. The van der Waals surface area contributed by atoms with E-state index < -0.39 is 4.92 Å². The molecule has 4 aromatic rings. The van der Waals surface area contributed by atoms with Crippen LogP contribution in [0, 0.1) is 10.1 Å². The lowest BCUT2D eigenvalue weighted by Crippen LogP contribution is -2.28. The number of hydrogen-bond donors (Lipinski definition) is 0. The standard InChI is InChI=1S/C26H22N4O4S/c31-24(28-13-4-5-14-28)19-11-12-22-23(16-19)27-26(29(25(22)32)20-8-2-1-3-9-20)35-17-18-7-6-10-21(15-18)30(33)34/h1-3,6-12,15-16H,4-5,13-14,17H2. The summed E-state index contributed by atoms with van der Waals surface area (Å²) in [5.41, 5.74) is 2.16. The van der Waals surface area contributed by atoms with E-state index in [4.69, 9.17) is 4.98 Å². The van der Waals surface area contributed by atoms with Crippen LogP contribution in [0.5, 0.6) is 0 Å². The second-order valence-corrected chi connectivity index (χ2v) is 9.26. The number of aromatic nitrogens is 2. The maximum Gasteiger partial charge on any atom is 0.269 e. The molecule has 0 unspecified atom stereocenters. The Hall–Kier alpha value is -3.98. The molecular weight excluding hydrogens is 464 g/mol. The lowest BCUT2D eigenvalue weighted by molar-refractivity contribution is -0.384. The Morgan fingerprint density at radius 1 is 1.00 bits per heavy atom. The third-order valence-electron chi connectivity index (χ3n) is 5.98. The summed E-state index contributed by atoms with van der Waals surface area (Å²) in [6.45, 7) is 1.48. The van der Waals surface area contributed by atoms with Crippen LogP contribution in [-0.4, -0.2) is 38.4 Å². The van der Waals surface area contributed by atoms with Crippen LogP contribution in [-0.2, 0) is 5.75 Å². The molecule has 5 rings (SSSR count). The predicted octanol–water partition coefficient (Wildman–Crippen LogP) is 4.82. The number of para-hydroxylation sites is 1. The Bertz CT molecular complexity index is 1480. The predicted molar refractivity (Wildman–Crippen MR) is 135 cm³/mol. The lowest BCUT2D eigenvalue weighted by atomic mass is 10.1. The van der Waals surface area contributed by atoms with Crippen LogP contribution in [0.2, 0.25) is 0 Å². The second kappa shape index (κ2) is 9.71. The van der Waals surface area contributed by atoms with Crippen LogP contribution in [0.4, 0.5) is 5.69 Å². The van der Waals surface area contributed by atoms with E-state index >= 15 is 0 Å². The Labute approximate surface area is 205 Å². The number of rotatable bonds is 6. The number of benzene rings is 3. The fourth-order valence-electron chi connectivity index (χ4n) is 4.21. The number of hydrogen-bond acceptors (Lipinski definition) is 6. The number of nitro groups is 1. The van der Waals surface area contributed by atoms with Crippen molar-refractivity contribution in [3.8, 4) is 5.69 Å². The van der Waals surface area contributed by atoms with Crippen molar-refractivity contribution in [2.45, 2.75) is 23.8 Å². The zero-order chi connectivity index (χ0) is 24.4. The summed E-state index contributed by atoms with van der Waals surface area (Å²) < 4.78 is 1.55. The zero-order valence-electron chi connectivity index (χ0n) is 18.8. The molecule has 3 aromatic carbocycles. The summed E-state index contributed by atoms with van der Waals surface area (Å²) >= 11 is 1.32. The minimum atomic E-state index is -0.429. The number of fused-ring (bicyclic) bond motifs is 1. The van der Waals surface area contributed by atoms with Gasteiger partial charge in [-0.1, -0.05) is 42.1 Å². The number of non-ortho nitro benzene ring substituents is 1. The molecule has 176 valence electrons. The van der Waals surface area contributed by atoms with Crippen molar-refractivity contribution in [1.82, 2.24) is 14.5 Å². The van der Waals surface area contributed by atoms with Gasteiger partial charge in [-0.05, 0) is 48.7 Å². The highest BCUT2D eigenvalue weighted by Gasteiger charge is 2.21. The molecular formula is C26H22N4O4S. The van der Waals surface area contributed by atoms with Gasteiger partial charge in [0.1, 0.15) is 0 Å². The molecule has 1 aliphatic heterocycles. The number of nitro benzene ring substituents is 1. The molecule has 0 N–H and O–H groups in total. The topological polar surface area (TPSA) is 98.3 Å². The summed E-state index contributed by atoms with van der Waals surface area (Å²) in [6, 6.07) is 20.7. The smallest absolute Gasteiger partial charge is 0.269 e. The fraction of sp³-hybridized carbons (Fsp3) is 0.192. The van der Waals surface area contributed by atoms with Gasteiger partial charge in [-0.3, -0.25) is 24.3 Å². The Morgan fingerprint density at radius 2 is 1.77 bits per heavy atom. The first-order chi connectivity index (χ1) is 17.0. The molecule has 8 nitrogen and oxygen atoms in total. The van der Waals surface area contributed by atoms with Crippen molar-refractivity contribution in [2.24, 2.45) is 0 Å². The third-order valence-corrected chi connectivity index (χ3v) is 6.99. The van der Waals surface area contributed by atoms with Crippen LogP contribution < -0.4 is 5.56 Å². The van der Waals surface area contributed by atoms with E-state index in [1.165, 1.54) is 23.9 Å². The average Bonchev–Trinajstić information content (AvgIpc) is 3.42. The van der Waals surface area contributed by atoms with E-state index in [0.29, 0.717) is 33.1 Å². The minimum Gasteiger partial charge on any atom is -0.339 e. The largest absolute Gasteiger partial charge is 0.339 e. The SMILES string of the molecule is O=C(c1ccc2c(=O)n(-c3ccccc3)c(SCc3cccc([N+](=O)[O-])c3)nc2c1)N1CCCC1. The highest BCUT2D eigenvalue weighted by atomic mass is 32.2. The Morgan fingerprint density at radius 3 is 2.51 bits per heavy atom. The average molecular weight is 487 g/mol. The normalized spacial score (nSPS) is 13.3. The summed E-state index contributed by atoms with van der Waals surface area (Å²) in [6.07, 6.45) is 2.00. The van der Waals surface area contributed by atoms with Gasteiger partial charge in [-0.25, -0.2) is 4.98 Å². The first-order valence-corrected chi connectivity index (χ1v) is 12.3. The molecule has 1 amide bonds. The quantitative estimate of drug-likeness (QED) is 0.168. The maximum atomic E-state index is 13.6. The highest BCUT2D eigenvalue weighted by molar-refractivity contribution is 7.98. The van der Waals surface area contributed by atoms with Gasteiger partial charge in [0.2, 0.25) is 0 Å². The van der Waals surface area contributed by atoms with Crippen molar-refractivity contribution in [3.63, 3.8) is 0 Å². The molecule has 1 saturated heterocycles. The molecule has 0 saturated carbocycles. The molecule has 1 fully saturated rings. The van der Waals surface area contributed by atoms with E-state index in [2.05, 4.69) is 0 Å². The first kappa shape index (κ1) is 22.8. The van der Waals surface area contributed by atoms with E-state index in [-0.39, 0.29) is 17.2 Å². The molecule has 0 bridgehead atoms. The van der Waals surface area contributed by atoms with Crippen molar-refractivity contribution in [3.05, 3.63) is 104 Å². The van der Waals surface area contributed by atoms with Crippen molar-refractivity contribution >= 4 is 34.3 Å². The molecule has 0 radical (unpaired) electrons. The van der Waals surface area contributed by atoms with E-state index in [9.17, 15) is 19.7 Å². The van der Waals surface area contributed by atoms with Crippen molar-refractivity contribution in [1.29, 1.82) is 0 Å². The van der Waals surface area contributed by atoms with Gasteiger partial charge in [-0.15, -0.1) is 0 Å². The van der Waals surface area contributed by atoms with Gasteiger partial charge in [0.15, 0.2) is 5.16 Å². The fourth-order valence-corrected chi connectivity index (χ4v) is 5.17. The molecule has 0 atom stereocenters. The van der Waals surface area contributed by atoms with E-state index in [1.54, 1.807) is 34.9 Å². The van der Waals surface area contributed by atoms with Crippen LogP contribution in [0.3, 0.4) is 0 Å². The number of nitrogens with zero attached hydrogens (tertiary/aromatic N) is 4. The van der Waals surface area contributed by atoms with Gasteiger partial charge in [0, 0.05) is 36.5 Å². The van der Waals surface area contributed by atoms with Crippen LogP contribution >= 0.6 is 11.8 Å². The molecule has 0 spiro atoms. The van der Waals surface area contributed by atoms with Crippen molar-refractivity contribution < 1.29 is 9.72 Å². The monoisotopic (exact) mass is 486 g/mol. The van der Waals surface area contributed by atoms with Gasteiger partial charge < -0.3 is 4.90 Å². The zero-order valence-corrected chi connectivity index (χ0v) is 19.6. The molecule has 2 heterocycles. The summed E-state index contributed by atoms with van der Waals surface area (Å²) in [5.74, 6) is 0.336. The number of carbonyl (C=O) groups excluding carboxylic acids is 1. The highest BCUT2D eigenvalue weighted by Crippen LogP contribution is 2.27. The van der Waals surface area contributed by atoms with E-state index in [1.807, 2.05) is 35.2 Å². The summed E-state index contributed by atoms with van der Waals surface area (Å²) in [4.78, 5) is 43.8. The summed E-state index contributed by atoms with van der Waals surface area (Å²) in [7, 11) is 0. The number of amides is 1. The van der Waals surface area contributed by atoms with Gasteiger partial charge in [-0.2, -0.15) is 0 Å². The molecule has 9 heteroatoms. The number of thioether (sulfide) groups is 1. The number of carbonyl (C=O) groups is 1. The third kappa shape index (κ3) is 4.67. The van der Waals surface area contributed by atoms with Gasteiger partial charge in [0.25, 0.3) is 17.2 Å². The lowest BCUT2D eigenvalue weighted by Gasteiger charge is -2.16. The molecule has 1 aromatic heterocycles. The van der Waals surface area contributed by atoms with Crippen LogP contribution in [0.15, 0.2) is 82.7 Å². The van der Waals surface area contributed by atoms with Crippen molar-refractivity contribution in [2.75, 3.05) is 13.1 Å². The summed E-state index contributed by atoms with van der Waals surface area (Å²) in [5, 5.41) is 12.0. The molecule has 35 heavy (non-hydrogen) atoms. The molecule has 1 aliphatic rings. The first-order valence-electron chi connectivity index (χ1n) is 11.3. The molecule has 0 aliphatic carbocycles. The van der Waals surface area contributed by atoms with E-state index in [0.717, 1.165) is 31.5 Å². The van der Waals surface area contributed by atoms with Gasteiger partial charge >= 0.3 is 0 Å². The number of likely N-dealkylation sites (tertiary alicyclic amines) is 1. The maximum absolute atomic E-state index is 13.6.